The van der Waals surface area contributed by atoms with Crippen molar-refractivity contribution in [1.29, 1.82) is 0 Å². The summed E-state index contributed by atoms with van der Waals surface area (Å²) in [7, 11) is 0. The van der Waals surface area contributed by atoms with Crippen molar-refractivity contribution in [3.8, 4) is 0 Å². The van der Waals surface area contributed by atoms with E-state index >= 15 is 0 Å². The number of carboxylic acid groups (broad SMARTS) is 1. The third-order valence-corrected chi connectivity index (χ3v) is 5.05. The molecule has 1 aliphatic rings. The van der Waals surface area contributed by atoms with Gasteiger partial charge < -0.3 is 5.11 Å². The summed E-state index contributed by atoms with van der Waals surface area (Å²) in [6, 6.07) is 6.69. The van der Waals surface area contributed by atoms with Crippen LogP contribution in [-0.2, 0) is 4.79 Å². The van der Waals surface area contributed by atoms with Gasteiger partial charge in [-0.15, -0.1) is 0 Å². The van der Waals surface area contributed by atoms with Crippen LogP contribution in [-0.4, -0.2) is 16.1 Å². The fourth-order valence-corrected chi connectivity index (χ4v) is 3.63. The lowest BCUT2D eigenvalue weighted by atomic mass is 9.74. The molecule has 1 aliphatic carbocycles. The monoisotopic (exact) mass is 301 g/mol. The molecule has 22 heavy (non-hydrogen) atoms. The highest BCUT2D eigenvalue weighted by molar-refractivity contribution is 5.82. The number of carboxylic acids is 1. The van der Waals surface area contributed by atoms with E-state index in [1.54, 1.807) is 25.3 Å². The maximum atomic E-state index is 13.5. The predicted octanol–water partition coefficient (Wildman–Crippen LogP) is 4.37. The lowest BCUT2D eigenvalue weighted by Crippen LogP contribution is -2.25. The Morgan fingerprint density at radius 2 is 2.00 bits per heavy atom. The van der Waals surface area contributed by atoms with Gasteiger partial charge in [-0.2, -0.15) is 0 Å². The Hall–Kier alpha value is -1.97. The molecule has 0 bridgehead atoms. The number of fused-ring (bicyclic) bond motifs is 1. The Kier molecular flexibility index (Phi) is 4.10. The normalized spacial score (nSPS) is 23.4. The smallest absolute Gasteiger partial charge is 0.306 e. The Morgan fingerprint density at radius 1 is 1.27 bits per heavy atom. The molecular formula is C18H20FNO2. The Morgan fingerprint density at radius 3 is 2.68 bits per heavy atom. The maximum Gasteiger partial charge on any atom is 0.306 e. The molecule has 1 aromatic carbocycles. The van der Waals surface area contributed by atoms with Crippen LogP contribution in [0.5, 0.6) is 0 Å². The minimum atomic E-state index is -0.708. The molecule has 0 spiro atoms. The first-order valence-electron chi connectivity index (χ1n) is 7.83. The molecule has 0 saturated heterocycles. The van der Waals surface area contributed by atoms with Crippen LogP contribution in [0.1, 0.15) is 44.1 Å². The molecule has 1 heterocycles. The van der Waals surface area contributed by atoms with Gasteiger partial charge in [0.1, 0.15) is 5.82 Å². The van der Waals surface area contributed by atoms with Crippen molar-refractivity contribution in [3.63, 3.8) is 0 Å². The van der Waals surface area contributed by atoms with Gasteiger partial charge in [0.2, 0.25) is 0 Å². The van der Waals surface area contributed by atoms with E-state index in [1.165, 1.54) is 6.07 Å². The molecule has 116 valence electrons. The van der Waals surface area contributed by atoms with Crippen molar-refractivity contribution < 1.29 is 14.3 Å². The summed E-state index contributed by atoms with van der Waals surface area (Å²) in [6.07, 6.45) is 5.52. The number of benzene rings is 1. The van der Waals surface area contributed by atoms with Crippen molar-refractivity contribution in [2.45, 2.75) is 38.5 Å². The SMILES string of the molecule is C[C@@H](C(=O)O)[C@H]1CC[C@@H](c2ccnc3ccc(F)cc32)CC1. The van der Waals surface area contributed by atoms with Crippen LogP contribution < -0.4 is 0 Å². The van der Waals surface area contributed by atoms with Gasteiger partial charge in [0.25, 0.3) is 0 Å². The molecule has 3 nitrogen and oxygen atoms in total. The van der Waals surface area contributed by atoms with E-state index in [0.717, 1.165) is 42.1 Å². The largest absolute Gasteiger partial charge is 0.481 e. The molecule has 4 heteroatoms. The van der Waals surface area contributed by atoms with E-state index in [9.17, 15) is 9.18 Å². The molecule has 2 aromatic rings. The number of pyridine rings is 1. The average molecular weight is 301 g/mol. The average Bonchev–Trinajstić information content (AvgIpc) is 2.53. The van der Waals surface area contributed by atoms with Gasteiger partial charge in [0, 0.05) is 11.6 Å². The zero-order valence-corrected chi connectivity index (χ0v) is 12.6. The van der Waals surface area contributed by atoms with Crippen LogP contribution in [0.2, 0.25) is 0 Å². The second kappa shape index (κ2) is 6.03. The maximum absolute atomic E-state index is 13.5. The van der Waals surface area contributed by atoms with E-state index in [-0.39, 0.29) is 17.7 Å². The summed E-state index contributed by atoms with van der Waals surface area (Å²) in [4.78, 5) is 15.4. The van der Waals surface area contributed by atoms with E-state index in [4.69, 9.17) is 5.11 Å². The molecule has 0 radical (unpaired) electrons. The van der Waals surface area contributed by atoms with Crippen LogP contribution in [0.3, 0.4) is 0 Å². The van der Waals surface area contributed by atoms with Crippen molar-refractivity contribution in [1.82, 2.24) is 4.98 Å². The van der Waals surface area contributed by atoms with E-state index in [0.29, 0.717) is 5.92 Å². The first-order valence-corrected chi connectivity index (χ1v) is 7.83. The molecule has 1 N–H and O–H groups in total. The molecule has 1 fully saturated rings. The first kappa shape index (κ1) is 14.9. The zero-order valence-electron chi connectivity index (χ0n) is 12.6. The van der Waals surface area contributed by atoms with Crippen molar-refractivity contribution >= 4 is 16.9 Å². The lowest BCUT2D eigenvalue weighted by Gasteiger charge is -2.31. The molecule has 3 rings (SSSR count). The van der Waals surface area contributed by atoms with Crippen LogP contribution in [0.4, 0.5) is 4.39 Å². The quantitative estimate of drug-likeness (QED) is 0.916. The van der Waals surface area contributed by atoms with Gasteiger partial charge >= 0.3 is 5.97 Å². The minimum absolute atomic E-state index is 0.241. The van der Waals surface area contributed by atoms with Gasteiger partial charge in [0.05, 0.1) is 11.4 Å². The summed E-state index contributed by atoms with van der Waals surface area (Å²) in [5.74, 6) is -0.620. The number of rotatable bonds is 3. The van der Waals surface area contributed by atoms with Crippen LogP contribution in [0.15, 0.2) is 30.5 Å². The molecule has 1 saturated carbocycles. The molecular weight excluding hydrogens is 281 g/mol. The fourth-order valence-electron chi connectivity index (χ4n) is 3.63. The fraction of sp³-hybridized carbons (Fsp3) is 0.444. The van der Waals surface area contributed by atoms with E-state index in [2.05, 4.69) is 4.98 Å². The van der Waals surface area contributed by atoms with Crippen LogP contribution >= 0.6 is 0 Å². The van der Waals surface area contributed by atoms with Gasteiger partial charge in [-0.3, -0.25) is 9.78 Å². The third-order valence-electron chi connectivity index (χ3n) is 5.05. The molecule has 1 aromatic heterocycles. The molecule has 0 unspecified atom stereocenters. The summed E-state index contributed by atoms with van der Waals surface area (Å²) in [5.41, 5.74) is 1.96. The summed E-state index contributed by atoms with van der Waals surface area (Å²) in [6.45, 7) is 1.80. The highest BCUT2D eigenvalue weighted by Crippen LogP contribution is 2.40. The Labute approximate surface area is 129 Å². The van der Waals surface area contributed by atoms with Crippen molar-refractivity contribution in [2.75, 3.05) is 0 Å². The number of aliphatic carboxylic acids is 1. The van der Waals surface area contributed by atoms with E-state index < -0.39 is 5.97 Å². The molecule has 0 amide bonds. The van der Waals surface area contributed by atoms with Crippen LogP contribution in [0.25, 0.3) is 10.9 Å². The number of carbonyl (C=O) groups is 1. The van der Waals surface area contributed by atoms with E-state index in [1.807, 2.05) is 6.07 Å². The molecule has 1 atom stereocenters. The van der Waals surface area contributed by atoms with Crippen molar-refractivity contribution in [3.05, 3.63) is 41.8 Å². The number of aromatic nitrogens is 1. The standard InChI is InChI=1S/C18H20FNO2/c1-11(18(21)22)12-2-4-13(5-3-12)15-8-9-20-17-7-6-14(19)10-16(15)17/h6-13H,2-5H2,1H3,(H,21,22)/t11-,12-,13+/m1/s1. The Bertz CT molecular complexity index is 693. The highest BCUT2D eigenvalue weighted by Gasteiger charge is 2.30. The summed E-state index contributed by atoms with van der Waals surface area (Å²) < 4.78 is 13.5. The summed E-state index contributed by atoms with van der Waals surface area (Å²) in [5, 5.41) is 10.0. The minimum Gasteiger partial charge on any atom is -0.481 e. The molecule has 0 aliphatic heterocycles. The number of hydrogen-bond acceptors (Lipinski definition) is 2. The topological polar surface area (TPSA) is 50.2 Å². The Balaban J connectivity index is 1.82. The van der Waals surface area contributed by atoms with Gasteiger partial charge in [-0.1, -0.05) is 6.92 Å². The van der Waals surface area contributed by atoms with Crippen LogP contribution in [0, 0.1) is 17.7 Å². The highest BCUT2D eigenvalue weighted by atomic mass is 19.1. The number of halogens is 1. The second-order valence-corrected chi connectivity index (χ2v) is 6.30. The zero-order chi connectivity index (χ0) is 15.7. The van der Waals surface area contributed by atoms with Crippen molar-refractivity contribution in [2.24, 2.45) is 11.8 Å². The van der Waals surface area contributed by atoms with Gasteiger partial charge in [0.15, 0.2) is 0 Å². The van der Waals surface area contributed by atoms with Gasteiger partial charge in [-0.05, 0) is 67.3 Å². The predicted molar refractivity (Wildman–Crippen MR) is 83.2 cm³/mol. The third kappa shape index (κ3) is 2.82. The number of nitrogens with zero attached hydrogens (tertiary/aromatic N) is 1. The number of hydrogen-bond donors (Lipinski definition) is 1. The first-order chi connectivity index (χ1) is 10.6. The van der Waals surface area contributed by atoms with Gasteiger partial charge in [-0.25, -0.2) is 4.39 Å². The second-order valence-electron chi connectivity index (χ2n) is 6.30. The summed E-state index contributed by atoms with van der Waals surface area (Å²) >= 11 is 0. The lowest BCUT2D eigenvalue weighted by molar-refractivity contribution is -0.143.